The lowest BCUT2D eigenvalue weighted by atomic mass is 10.2. The van der Waals surface area contributed by atoms with Crippen molar-refractivity contribution in [3.05, 3.63) is 24.3 Å². The zero-order chi connectivity index (χ0) is 12.7. The normalized spacial score (nSPS) is 10.3. The third-order valence-corrected chi connectivity index (χ3v) is 1.99. The average molecular weight is 245 g/mol. The molecule has 0 aliphatic carbocycles. The minimum atomic E-state index is -2.88. The van der Waals surface area contributed by atoms with Crippen molar-refractivity contribution >= 4 is 11.7 Å². The third kappa shape index (κ3) is 5.14. The first kappa shape index (κ1) is 13.2. The Morgan fingerprint density at radius 2 is 2.12 bits per heavy atom. The molecule has 0 saturated carbocycles. The first-order valence-electron chi connectivity index (χ1n) is 5.09. The van der Waals surface area contributed by atoms with E-state index in [1.54, 1.807) is 18.2 Å². The van der Waals surface area contributed by atoms with Crippen LogP contribution in [-0.4, -0.2) is 24.2 Å². The highest BCUT2D eigenvalue weighted by Gasteiger charge is 2.08. The lowest BCUT2D eigenvalue weighted by molar-refractivity contribution is -0.137. The van der Waals surface area contributed by atoms with Crippen molar-refractivity contribution in [3.63, 3.8) is 0 Å². The molecule has 0 aromatic heterocycles. The number of aliphatic carboxylic acids is 1. The molecule has 1 aromatic rings. The van der Waals surface area contributed by atoms with Crippen LogP contribution in [0.3, 0.4) is 0 Å². The molecule has 4 nitrogen and oxygen atoms in total. The number of anilines is 1. The Balaban J connectivity index is 2.49. The largest absolute Gasteiger partial charge is 0.481 e. The lowest BCUT2D eigenvalue weighted by Crippen LogP contribution is -2.08. The van der Waals surface area contributed by atoms with E-state index in [0.29, 0.717) is 18.7 Å². The Morgan fingerprint density at radius 3 is 2.76 bits per heavy atom. The summed E-state index contributed by atoms with van der Waals surface area (Å²) in [6.45, 7) is -2.49. The van der Waals surface area contributed by atoms with Gasteiger partial charge in [0.2, 0.25) is 0 Å². The molecule has 0 heterocycles. The summed E-state index contributed by atoms with van der Waals surface area (Å²) < 4.78 is 28.4. The molecular weight excluding hydrogens is 232 g/mol. The number of rotatable bonds is 7. The molecule has 0 bridgehead atoms. The lowest BCUT2D eigenvalue weighted by Gasteiger charge is -2.11. The zero-order valence-corrected chi connectivity index (χ0v) is 9.03. The molecule has 0 spiro atoms. The molecule has 0 radical (unpaired) electrons. The van der Waals surface area contributed by atoms with Crippen LogP contribution in [0.2, 0.25) is 0 Å². The van der Waals surface area contributed by atoms with Gasteiger partial charge in [0, 0.05) is 13.0 Å². The van der Waals surface area contributed by atoms with Gasteiger partial charge >= 0.3 is 12.6 Å². The van der Waals surface area contributed by atoms with Gasteiger partial charge in [0.15, 0.2) is 0 Å². The molecule has 0 aliphatic heterocycles. The number of alkyl halides is 2. The number of hydrogen-bond donors (Lipinski definition) is 2. The molecule has 0 atom stereocenters. The van der Waals surface area contributed by atoms with Crippen molar-refractivity contribution in [1.82, 2.24) is 0 Å². The van der Waals surface area contributed by atoms with Gasteiger partial charge in [-0.2, -0.15) is 8.78 Å². The number of ether oxygens (including phenoxy) is 1. The van der Waals surface area contributed by atoms with Gasteiger partial charge in [-0.3, -0.25) is 4.79 Å². The van der Waals surface area contributed by atoms with E-state index in [9.17, 15) is 13.6 Å². The second-order valence-electron chi connectivity index (χ2n) is 3.30. The molecule has 6 heteroatoms. The zero-order valence-electron chi connectivity index (χ0n) is 9.03. The van der Waals surface area contributed by atoms with Crippen molar-refractivity contribution in [2.45, 2.75) is 19.5 Å². The van der Waals surface area contributed by atoms with Gasteiger partial charge in [0.25, 0.3) is 0 Å². The van der Waals surface area contributed by atoms with E-state index in [4.69, 9.17) is 5.11 Å². The number of carboxylic acids is 1. The fourth-order valence-corrected chi connectivity index (χ4v) is 1.27. The summed E-state index contributed by atoms with van der Waals surface area (Å²) in [7, 11) is 0. The minimum absolute atomic E-state index is 0.0326. The standard InChI is InChI=1S/C11H13F2NO3/c12-11(13)17-9-5-2-1-4-8(9)14-7-3-6-10(15)16/h1-2,4-5,11,14H,3,6-7H2,(H,15,16). The van der Waals surface area contributed by atoms with Crippen molar-refractivity contribution in [1.29, 1.82) is 0 Å². The molecule has 0 unspecified atom stereocenters. The Labute approximate surface area is 97.2 Å². The van der Waals surface area contributed by atoms with E-state index in [-0.39, 0.29) is 12.2 Å². The Kier molecular flexibility index (Phi) is 5.19. The van der Waals surface area contributed by atoms with E-state index in [1.165, 1.54) is 6.07 Å². The molecule has 2 N–H and O–H groups in total. The van der Waals surface area contributed by atoms with Crippen LogP contribution in [0.15, 0.2) is 24.3 Å². The van der Waals surface area contributed by atoms with Crippen LogP contribution in [-0.2, 0) is 4.79 Å². The second-order valence-corrected chi connectivity index (χ2v) is 3.30. The topological polar surface area (TPSA) is 58.6 Å². The van der Waals surface area contributed by atoms with Crippen molar-refractivity contribution in [3.8, 4) is 5.75 Å². The van der Waals surface area contributed by atoms with Gasteiger partial charge in [0.1, 0.15) is 5.75 Å². The van der Waals surface area contributed by atoms with Gasteiger partial charge in [-0.05, 0) is 18.6 Å². The van der Waals surface area contributed by atoms with Gasteiger partial charge < -0.3 is 15.2 Å². The van der Waals surface area contributed by atoms with E-state index < -0.39 is 12.6 Å². The summed E-state index contributed by atoms with van der Waals surface area (Å²) >= 11 is 0. The molecule has 17 heavy (non-hydrogen) atoms. The number of nitrogens with one attached hydrogen (secondary N) is 1. The predicted molar refractivity (Wildman–Crippen MR) is 58.4 cm³/mol. The SMILES string of the molecule is O=C(O)CCCNc1ccccc1OC(F)F. The van der Waals surface area contributed by atoms with Crippen LogP contribution >= 0.6 is 0 Å². The van der Waals surface area contributed by atoms with Crippen LogP contribution in [0, 0.1) is 0 Å². The van der Waals surface area contributed by atoms with E-state index in [1.807, 2.05) is 0 Å². The van der Waals surface area contributed by atoms with Crippen LogP contribution < -0.4 is 10.1 Å². The van der Waals surface area contributed by atoms with Crippen LogP contribution in [0.1, 0.15) is 12.8 Å². The summed E-state index contributed by atoms with van der Waals surface area (Å²) in [6.07, 6.45) is 0.448. The molecule has 1 aromatic carbocycles. The summed E-state index contributed by atoms with van der Waals surface area (Å²) in [5.41, 5.74) is 0.429. The highest BCUT2D eigenvalue weighted by Crippen LogP contribution is 2.25. The smallest absolute Gasteiger partial charge is 0.387 e. The first-order valence-corrected chi connectivity index (χ1v) is 5.09. The first-order chi connectivity index (χ1) is 8.09. The Bertz CT molecular complexity index is 371. The van der Waals surface area contributed by atoms with Crippen LogP contribution in [0.5, 0.6) is 5.75 Å². The quantitative estimate of drug-likeness (QED) is 0.725. The molecule has 0 fully saturated rings. The minimum Gasteiger partial charge on any atom is -0.481 e. The molecule has 0 amide bonds. The maximum absolute atomic E-state index is 12.1. The predicted octanol–water partition coefficient (Wildman–Crippen LogP) is 2.56. The number of carboxylic acid groups (broad SMARTS) is 1. The third-order valence-electron chi connectivity index (χ3n) is 1.99. The summed E-state index contributed by atoms with van der Waals surface area (Å²) in [5.74, 6) is -0.832. The summed E-state index contributed by atoms with van der Waals surface area (Å²) in [6, 6.07) is 6.28. The fraction of sp³-hybridized carbons (Fsp3) is 0.364. The summed E-state index contributed by atoms with van der Waals surface area (Å²) in [5, 5.41) is 11.3. The Hall–Kier alpha value is -1.85. The van der Waals surface area contributed by atoms with E-state index in [0.717, 1.165) is 0 Å². The van der Waals surface area contributed by atoms with Gasteiger partial charge in [-0.1, -0.05) is 12.1 Å². The highest BCUT2D eigenvalue weighted by molar-refractivity contribution is 5.66. The van der Waals surface area contributed by atoms with Crippen molar-refractivity contribution in [2.24, 2.45) is 0 Å². The fourth-order valence-electron chi connectivity index (χ4n) is 1.27. The number of benzene rings is 1. The number of halogens is 2. The maximum atomic E-state index is 12.1. The van der Waals surface area contributed by atoms with Crippen LogP contribution in [0.4, 0.5) is 14.5 Å². The van der Waals surface area contributed by atoms with Gasteiger partial charge in [-0.15, -0.1) is 0 Å². The molecule has 0 saturated heterocycles. The van der Waals surface area contributed by atoms with Crippen molar-refractivity contribution in [2.75, 3.05) is 11.9 Å². The number of hydrogen-bond acceptors (Lipinski definition) is 3. The Morgan fingerprint density at radius 1 is 1.41 bits per heavy atom. The highest BCUT2D eigenvalue weighted by atomic mass is 19.3. The molecule has 0 aliphatic rings. The number of carbonyl (C=O) groups is 1. The maximum Gasteiger partial charge on any atom is 0.387 e. The summed E-state index contributed by atoms with van der Waals surface area (Å²) in [4.78, 5) is 10.3. The monoisotopic (exact) mass is 245 g/mol. The number of para-hydroxylation sites is 2. The second kappa shape index (κ2) is 6.67. The van der Waals surface area contributed by atoms with Crippen LogP contribution in [0.25, 0.3) is 0 Å². The molecule has 1 rings (SSSR count). The molecule has 94 valence electrons. The van der Waals surface area contributed by atoms with Gasteiger partial charge in [0.05, 0.1) is 5.69 Å². The van der Waals surface area contributed by atoms with E-state index >= 15 is 0 Å². The van der Waals surface area contributed by atoms with Gasteiger partial charge in [-0.25, -0.2) is 0 Å². The van der Waals surface area contributed by atoms with E-state index in [2.05, 4.69) is 10.1 Å². The van der Waals surface area contributed by atoms with Crippen molar-refractivity contribution < 1.29 is 23.4 Å². The molecular formula is C11H13F2NO3. The average Bonchev–Trinajstić information content (AvgIpc) is 2.25.